The average Bonchev–Trinajstić information content (AvgIpc) is 2.35. The number of hydrogen-bond acceptors (Lipinski definition) is 4. The fourth-order valence-corrected chi connectivity index (χ4v) is 2.26. The minimum atomic E-state index is 0.619. The Morgan fingerprint density at radius 1 is 1.24 bits per heavy atom. The van der Waals surface area contributed by atoms with E-state index in [1.54, 1.807) is 24.2 Å². The van der Waals surface area contributed by atoms with Crippen molar-refractivity contribution in [1.82, 2.24) is 4.98 Å². The number of benzene rings is 1. The van der Waals surface area contributed by atoms with E-state index in [1.165, 1.54) is 4.90 Å². The molecule has 2 aromatic rings. The Hall–Kier alpha value is -1.20. The second-order valence-electron chi connectivity index (χ2n) is 3.44. The monoisotopic (exact) mass is 309 g/mol. The van der Waals surface area contributed by atoms with Crippen molar-refractivity contribution in [2.75, 3.05) is 17.3 Å². The lowest BCUT2D eigenvalue weighted by molar-refractivity contribution is 1.31. The fraction of sp³-hybridized carbons (Fsp3) is 0.0833. The third-order valence-corrected chi connectivity index (χ3v) is 3.63. The number of nitrogens with one attached hydrogen (secondary N) is 1. The van der Waals surface area contributed by atoms with Crippen molar-refractivity contribution < 1.29 is 0 Å². The Morgan fingerprint density at radius 3 is 2.53 bits per heavy atom. The van der Waals surface area contributed by atoms with Gasteiger partial charge in [-0.15, -0.1) is 11.8 Å². The highest BCUT2D eigenvalue weighted by atomic mass is 79.9. The number of nitrogens with two attached hydrogens (primary N) is 1. The van der Waals surface area contributed by atoms with Crippen molar-refractivity contribution in [2.45, 2.75) is 4.90 Å². The Balaban J connectivity index is 2.25. The number of rotatable bonds is 3. The highest BCUT2D eigenvalue weighted by molar-refractivity contribution is 9.10. The lowest BCUT2D eigenvalue weighted by Gasteiger charge is -2.11. The van der Waals surface area contributed by atoms with Crippen LogP contribution in [0.25, 0.3) is 0 Å². The third kappa shape index (κ3) is 2.92. The molecule has 5 heteroatoms. The van der Waals surface area contributed by atoms with Crippen molar-refractivity contribution in [3.05, 3.63) is 41.1 Å². The van der Waals surface area contributed by atoms with E-state index in [0.717, 1.165) is 15.8 Å². The van der Waals surface area contributed by atoms with Gasteiger partial charge in [0.2, 0.25) is 0 Å². The Labute approximate surface area is 113 Å². The largest absolute Gasteiger partial charge is 0.396 e. The minimum absolute atomic E-state index is 0.619. The molecule has 0 aliphatic heterocycles. The van der Waals surface area contributed by atoms with Crippen molar-refractivity contribution in [1.29, 1.82) is 0 Å². The first-order chi connectivity index (χ1) is 8.20. The van der Waals surface area contributed by atoms with Crippen molar-refractivity contribution in [2.24, 2.45) is 0 Å². The summed E-state index contributed by atoms with van der Waals surface area (Å²) in [6.07, 6.45) is 5.40. The van der Waals surface area contributed by atoms with Crippen molar-refractivity contribution >= 4 is 44.8 Å². The van der Waals surface area contributed by atoms with Gasteiger partial charge >= 0.3 is 0 Å². The second kappa shape index (κ2) is 5.42. The van der Waals surface area contributed by atoms with Gasteiger partial charge < -0.3 is 11.1 Å². The third-order valence-electron chi connectivity index (χ3n) is 2.29. The summed E-state index contributed by atoms with van der Waals surface area (Å²) in [6, 6.07) is 8.19. The van der Waals surface area contributed by atoms with Gasteiger partial charge in [0.15, 0.2) is 0 Å². The first kappa shape index (κ1) is 12.3. The molecule has 0 saturated carbocycles. The van der Waals surface area contributed by atoms with Crippen LogP contribution in [0.4, 0.5) is 17.1 Å². The van der Waals surface area contributed by atoms with Crippen LogP contribution in [0.2, 0.25) is 0 Å². The lowest BCUT2D eigenvalue weighted by atomic mass is 10.3. The van der Waals surface area contributed by atoms with Gasteiger partial charge in [-0.05, 0) is 46.5 Å². The zero-order chi connectivity index (χ0) is 12.3. The molecule has 88 valence electrons. The molecule has 3 nitrogen and oxygen atoms in total. The van der Waals surface area contributed by atoms with Gasteiger partial charge in [-0.1, -0.05) is 0 Å². The number of thioether (sulfide) groups is 1. The Morgan fingerprint density at radius 2 is 1.94 bits per heavy atom. The standard InChI is InChI=1S/C12H12BrN3S/c1-17-9-4-2-8(3-5-9)16-12-10(13)6-15-7-11(12)14/h2-7H,14H2,1H3,(H,15,16). The molecule has 3 N–H and O–H groups in total. The summed E-state index contributed by atoms with van der Waals surface area (Å²) in [5, 5.41) is 3.27. The number of aromatic nitrogens is 1. The van der Waals surface area contributed by atoms with Crippen LogP contribution in [0.5, 0.6) is 0 Å². The summed E-state index contributed by atoms with van der Waals surface area (Å²) in [6.45, 7) is 0. The summed E-state index contributed by atoms with van der Waals surface area (Å²) >= 11 is 5.14. The predicted octanol–water partition coefficient (Wildman–Crippen LogP) is 3.89. The molecule has 1 heterocycles. The van der Waals surface area contributed by atoms with Crippen molar-refractivity contribution in [3.8, 4) is 0 Å². The van der Waals surface area contributed by atoms with Gasteiger partial charge in [0.25, 0.3) is 0 Å². The van der Waals surface area contributed by atoms with E-state index in [2.05, 4.69) is 44.6 Å². The molecule has 0 fully saturated rings. The molecule has 0 unspecified atom stereocenters. The van der Waals surface area contributed by atoms with Gasteiger partial charge in [0.05, 0.1) is 22.0 Å². The first-order valence-corrected chi connectivity index (χ1v) is 7.02. The highest BCUT2D eigenvalue weighted by Crippen LogP contribution is 2.30. The predicted molar refractivity (Wildman–Crippen MR) is 77.9 cm³/mol. The van der Waals surface area contributed by atoms with Gasteiger partial charge in [-0.2, -0.15) is 0 Å². The summed E-state index contributed by atoms with van der Waals surface area (Å²) in [5.74, 6) is 0. The summed E-state index contributed by atoms with van der Waals surface area (Å²) in [7, 11) is 0. The highest BCUT2D eigenvalue weighted by Gasteiger charge is 2.04. The first-order valence-electron chi connectivity index (χ1n) is 5.01. The molecule has 0 saturated heterocycles. The van der Waals surface area contributed by atoms with Crippen LogP contribution in [-0.2, 0) is 0 Å². The molecule has 0 amide bonds. The number of nitrogen functional groups attached to an aromatic ring is 1. The molecule has 0 bridgehead atoms. The van der Waals surface area contributed by atoms with E-state index in [4.69, 9.17) is 5.73 Å². The zero-order valence-electron chi connectivity index (χ0n) is 9.27. The van der Waals surface area contributed by atoms with Crippen LogP contribution >= 0.6 is 27.7 Å². The lowest BCUT2D eigenvalue weighted by Crippen LogP contribution is -1.98. The topological polar surface area (TPSA) is 50.9 Å². The van der Waals surface area contributed by atoms with Crippen LogP contribution < -0.4 is 11.1 Å². The molecule has 0 atom stereocenters. The van der Waals surface area contributed by atoms with Crippen LogP contribution in [0, 0.1) is 0 Å². The summed E-state index contributed by atoms with van der Waals surface area (Å²) in [4.78, 5) is 5.23. The normalized spacial score (nSPS) is 10.2. The van der Waals surface area contributed by atoms with E-state index >= 15 is 0 Å². The number of hydrogen-bond donors (Lipinski definition) is 2. The van der Waals surface area contributed by atoms with Crippen LogP contribution in [0.1, 0.15) is 0 Å². The summed E-state index contributed by atoms with van der Waals surface area (Å²) < 4.78 is 0.853. The molecule has 1 aromatic heterocycles. The minimum Gasteiger partial charge on any atom is -0.396 e. The molecular weight excluding hydrogens is 298 g/mol. The molecule has 0 aliphatic rings. The van der Waals surface area contributed by atoms with E-state index in [1.807, 2.05) is 12.1 Å². The second-order valence-corrected chi connectivity index (χ2v) is 5.17. The molecule has 2 rings (SSSR count). The zero-order valence-corrected chi connectivity index (χ0v) is 11.7. The Bertz CT molecular complexity index is 493. The van der Waals surface area contributed by atoms with E-state index in [-0.39, 0.29) is 0 Å². The average molecular weight is 310 g/mol. The summed E-state index contributed by atoms with van der Waals surface area (Å²) in [5.41, 5.74) is 8.33. The number of pyridine rings is 1. The maximum Gasteiger partial charge on any atom is 0.0794 e. The number of anilines is 3. The van der Waals surface area contributed by atoms with Crippen LogP contribution in [-0.4, -0.2) is 11.2 Å². The SMILES string of the molecule is CSc1ccc(Nc2c(N)cncc2Br)cc1. The van der Waals surface area contributed by atoms with Crippen molar-refractivity contribution in [3.63, 3.8) is 0 Å². The molecule has 0 radical (unpaired) electrons. The van der Waals surface area contributed by atoms with Gasteiger partial charge in [-0.3, -0.25) is 4.98 Å². The smallest absolute Gasteiger partial charge is 0.0794 e. The van der Waals surface area contributed by atoms with Gasteiger partial charge in [-0.25, -0.2) is 0 Å². The molecule has 0 aliphatic carbocycles. The molecular formula is C12H12BrN3S. The van der Waals surface area contributed by atoms with Gasteiger partial charge in [0.1, 0.15) is 0 Å². The van der Waals surface area contributed by atoms with Crippen LogP contribution in [0.15, 0.2) is 46.0 Å². The van der Waals surface area contributed by atoms with E-state index in [9.17, 15) is 0 Å². The maximum atomic E-state index is 5.87. The quantitative estimate of drug-likeness (QED) is 0.845. The molecule has 17 heavy (non-hydrogen) atoms. The number of halogens is 1. The maximum absolute atomic E-state index is 5.87. The van der Waals surface area contributed by atoms with Gasteiger partial charge in [0, 0.05) is 16.8 Å². The number of nitrogens with zero attached hydrogens (tertiary/aromatic N) is 1. The Kier molecular flexibility index (Phi) is 3.91. The van der Waals surface area contributed by atoms with E-state index < -0.39 is 0 Å². The molecule has 0 spiro atoms. The van der Waals surface area contributed by atoms with E-state index in [0.29, 0.717) is 5.69 Å². The fourth-order valence-electron chi connectivity index (χ4n) is 1.40. The molecule has 1 aromatic carbocycles. The van der Waals surface area contributed by atoms with Crippen LogP contribution in [0.3, 0.4) is 0 Å².